The van der Waals surface area contributed by atoms with Gasteiger partial charge in [-0.05, 0) is 99.9 Å². The zero-order valence-electron chi connectivity index (χ0n) is 72.4. The maximum atomic E-state index is 13.0. The predicted octanol–water partition coefficient (Wildman–Crippen LogP) is 30.1. The second-order valence-corrected chi connectivity index (χ2v) is 34.4. The third kappa shape index (κ3) is 65.9. The Morgan fingerprint density at radius 3 is 0.558 bits per heavy atom. The van der Waals surface area contributed by atoms with Gasteiger partial charge in [-0.2, -0.15) is 0 Å². The van der Waals surface area contributed by atoms with Crippen molar-refractivity contribution in [3.05, 3.63) is 108 Å². The first-order valence-corrected chi connectivity index (χ1v) is 49.1. The minimum absolute atomic E-state index is 0. The van der Waals surface area contributed by atoms with Crippen molar-refractivity contribution in [3.63, 3.8) is 0 Å². The van der Waals surface area contributed by atoms with Crippen molar-refractivity contribution in [1.82, 2.24) is 0 Å². The first-order valence-electron chi connectivity index (χ1n) is 46.3. The Kier molecular flexibility index (Phi) is 78.2. The molecule has 2 aromatic carbocycles. The summed E-state index contributed by atoms with van der Waals surface area (Å²) in [4.78, 5) is 50.1. The van der Waals surface area contributed by atoms with E-state index in [-0.39, 0.29) is 48.9 Å². The van der Waals surface area contributed by atoms with E-state index >= 15 is 0 Å². The third-order valence-electron chi connectivity index (χ3n) is 21.4. The fourth-order valence-corrected chi connectivity index (χ4v) is 15.8. The zero-order chi connectivity index (χ0) is 81.6. The molecule has 0 heterocycles. The van der Waals surface area contributed by atoms with Gasteiger partial charge in [0.05, 0.1) is 57.1 Å². The van der Waals surface area contributed by atoms with Crippen molar-refractivity contribution in [3.8, 4) is 0 Å². The van der Waals surface area contributed by atoms with Gasteiger partial charge in [0, 0.05) is 0 Å². The van der Waals surface area contributed by atoms with Crippen LogP contribution < -0.4 is 0 Å². The molecule has 0 spiro atoms. The van der Waals surface area contributed by atoms with Gasteiger partial charge in [-0.15, -0.1) is 0 Å². The molecule has 0 N–H and O–H groups in total. The van der Waals surface area contributed by atoms with Gasteiger partial charge in [-0.1, -0.05) is 425 Å². The summed E-state index contributed by atoms with van der Waals surface area (Å²) in [6, 6.07) is 7.01. The quantitative estimate of drug-likeness (QED) is 0.0150. The summed E-state index contributed by atoms with van der Waals surface area (Å²) in [7, 11) is -10.1. The molecular weight excluding hydrogens is 1480 g/mol. The molecule has 0 radical (unpaired) electrons. The molecule has 2 aromatic rings. The van der Waals surface area contributed by atoms with Gasteiger partial charge in [-0.25, -0.2) is 36.0 Å². The summed E-state index contributed by atoms with van der Waals surface area (Å²) < 4.78 is 92.7. The van der Waals surface area contributed by atoms with Gasteiger partial charge >= 0.3 is 61.6 Å². The summed E-state index contributed by atoms with van der Waals surface area (Å²) in [6.07, 6.45) is 97.7. The molecule has 0 fully saturated rings. The molecule has 0 aromatic heterocycles. The molecule has 113 heavy (non-hydrogen) atoms. The molecule has 14 nitrogen and oxygen atoms in total. The molecule has 0 unspecified atom stereocenters. The molecule has 0 aliphatic carbocycles. The SMILES string of the molecule is CCCCCCCCCCCCCCCCCC/C=C/OC(=O)c1cccc(S(=O)(=O)[O-])c1C(=O)O/C=C/CCCCCCCCCCCCCCCCCC.CCCCCCCCCCCCCCCCCC/C=C/OC(=O)c1cccc(S(=O)(=O)[O-])c1C(=O)O/C=C/CCCCCCCCCCCCCCCCCC.[Ca+2]. The van der Waals surface area contributed by atoms with Crippen LogP contribution in [0.3, 0.4) is 0 Å². The molecule has 0 saturated carbocycles. The van der Waals surface area contributed by atoms with E-state index in [2.05, 4.69) is 27.7 Å². The van der Waals surface area contributed by atoms with Crippen molar-refractivity contribution < 1.29 is 64.1 Å². The zero-order valence-corrected chi connectivity index (χ0v) is 76.2. The van der Waals surface area contributed by atoms with E-state index < -0.39 is 65.0 Å². The number of esters is 4. The predicted molar refractivity (Wildman–Crippen MR) is 469 cm³/mol. The summed E-state index contributed by atoms with van der Waals surface area (Å²) in [5.74, 6) is -4.04. The molecule has 0 amide bonds. The van der Waals surface area contributed by atoms with Crippen LogP contribution in [0.25, 0.3) is 0 Å². The number of rotatable bonds is 78. The Morgan fingerprint density at radius 2 is 0.398 bits per heavy atom. The van der Waals surface area contributed by atoms with Crippen LogP contribution in [0, 0.1) is 0 Å². The number of benzene rings is 2. The number of carbonyl (C=O) groups is 4. The molecule has 2 rings (SSSR count). The monoisotopic (exact) mass is 1640 g/mol. The van der Waals surface area contributed by atoms with Crippen LogP contribution in [0.4, 0.5) is 0 Å². The fraction of sp³-hybridized carbons (Fsp3) is 0.750. The van der Waals surface area contributed by atoms with E-state index in [0.29, 0.717) is 12.8 Å². The number of hydrogen-bond donors (Lipinski definition) is 0. The van der Waals surface area contributed by atoms with Crippen molar-refractivity contribution in [2.24, 2.45) is 0 Å². The Bertz CT molecular complexity index is 2740. The molecule has 0 saturated heterocycles. The molecule has 17 heteroatoms. The minimum atomic E-state index is -5.05. The fourth-order valence-electron chi connectivity index (χ4n) is 14.4. The number of unbranched alkanes of at least 4 members (excludes halogenated alkanes) is 64. The first kappa shape index (κ1) is 109. The van der Waals surface area contributed by atoms with E-state index in [0.717, 1.165) is 76.3 Å². The normalized spacial score (nSPS) is 11.8. The summed E-state index contributed by atoms with van der Waals surface area (Å²) in [5.41, 5.74) is -1.87. The van der Waals surface area contributed by atoms with E-state index in [1.165, 1.54) is 409 Å². The first-order chi connectivity index (χ1) is 54.6. The topological polar surface area (TPSA) is 220 Å². The maximum absolute atomic E-state index is 13.0. The Hall–Kier alpha value is -3.64. The van der Waals surface area contributed by atoms with Crippen LogP contribution in [-0.4, -0.2) is 87.6 Å². The Morgan fingerprint density at radius 1 is 0.248 bits per heavy atom. The third-order valence-corrected chi connectivity index (χ3v) is 23.2. The van der Waals surface area contributed by atoms with E-state index in [1.807, 2.05) is 0 Å². The second kappa shape index (κ2) is 80.8. The van der Waals surface area contributed by atoms with Gasteiger partial charge in [0.1, 0.15) is 20.2 Å². The summed E-state index contributed by atoms with van der Waals surface area (Å²) in [5, 5.41) is 0. The molecular formula is C96H162CaO14S2. The number of allylic oxidation sites excluding steroid dienone is 4. The van der Waals surface area contributed by atoms with Gasteiger partial charge in [0.25, 0.3) is 0 Å². The van der Waals surface area contributed by atoms with Gasteiger partial charge < -0.3 is 28.1 Å². The second-order valence-electron chi connectivity index (χ2n) is 31.7. The van der Waals surface area contributed by atoms with E-state index in [1.54, 1.807) is 24.3 Å². The van der Waals surface area contributed by atoms with Crippen molar-refractivity contribution in [1.29, 1.82) is 0 Å². The Balaban J connectivity index is 0.00000220. The van der Waals surface area contributed by atoms with Crippen molar-refractivity contribution >= 4 is 81.9 Å². The van der Waals surface area contributed by atoms with Crippen LogP contribution >= 0.6 is 0 Å². The van der Waals surface area contributed by atoms with Crippen LogP contribution in [-0.2, 0) is 39.2 Å². The molecule has 0 aliphatic heterocycles. The molecule has 644 valence electrons. The van der Waals surface area contributed by atoms with Crippen molar-refractivity contribution in [2.45, 2.75) is 474 Å². The van der Waals surface area contributed by atoms with Crippen LogP contribution in [0.15, 0.2) is 95.5 Å². The average molecular weight is 1640 g/mol. The van der Waals surface area contributed by atoms with Gasteiger partial charge in [-0.3, -0.25) is 0 Å². The molecule has 0 atom stereocenters. The Labute approximate surface area is 722 Å². The average Bonchev–Trinajstić information content (AvgIpc) is 0.797. The molecule has 0 bridgehead atoms. The number of hydrogen-bond acceptors (Lipinski definition) is 14. The van der Waals surface area contributed by atoms with Crippen LogP contribution in [0.5, 0.6) is 0 Å². The number of carbonyl (C=O) groups excluding carboxylic acids is 4. The van der Waals surface area contributed by atoms with Crippen molar-refractivity contribution in [2.75, 3.05) is 0 Å². The van der Waals surface area contributed by atoms with Gasteiger partial charge in [0.2, 0.25) is 0 Å². The maximum Gasteiger partial charge on any atom is 2.00 e. The number of ether oxygens (including phenoxy) is 4. The standard InChI is InChI=1S/2C48H82O7S.Ca/c2*1-3-5-7-9-11-13-15-17-19-21-23-25-27-29-31-33-35-37-42-54-47(49)44-40-39-41-45(56(51,52)53)46(44)48(50)55-43-38-36-34-32-30-28-26-24-22-20-18-16-14-12-10-8-6-4-2;/h2*37-43H,3-36H2,1-2H3,(H,51,52,53);/q;;+2/p-2/b2*42-37+,43-38+;. The van der Waals surface area contributed by atoms with E-state index in [9.17, 15) is 45.1 Å². The van der Waals surface area contributed by atoms with Crippen LogP contribution in [0.2, 0.25) is 0 Å². The minimum Gasteiger partial charge on any atom is -0.744 e. The largest absolute Gasteiger partial charge is 2.00 e. The molecule has 0 aliphatic rings. The van der Waals surface area contributed by atoms with Crippen LogP contribution in [0.1, 0.15) is 506 Å². The smallest absolute Gasteiger partial charge is 0.744 e. The van der Waals surface area contributed by atoms with E-state index in [4.69, 9.17) is 18.9 Å². The summed E-state index contributed by atoms with van der Waals surface area (Å²) in [6.45, 7) is 9.05. The van der Waals surface area contributed by atoms with Gasteiger partial charge in [0.15, 0.2) is 0 Å². The summed E-state index contributed by atoms with van der Waals surface area (Å²) >= 11 is 0.